The topological polar surface area (TPSA) is 218 Å². The fraction of sp³-hybridized carbons (Fsp3) is 0.526. The number of hydrogen-bond donors (Lipinski definition) is 3. The van der Waals surface area contributed by atoms with Gasteiger partial charge in [-0.05, 0) is 148 Å². The molecule has 3 heterocycles. The van der Waals surface area contributed by atoms with Crippen molar-refractivity contribution in [3.8, 4) is 0 Å². The Kier molecular flexibility index (Phi) is 19.8. The molecule has 0 radical (unpaired) electrons. The van der Waals surface area contributed by atoms with Crippen LogP contribution >= 0.6 is 98.9 Å². The van der Waals surface area contributed by atoms with Crippen molar-refractivity contribution in [3.05, 3.63) is 120 Å². The van der Waals surface area contributed by atoms with Crippen molar-refractivity contribution >= 4 is 138 Å². The minimum absolute atomic E-state index is 0.0198. The number of carbonyl (C=O) groups is 7. The standard InChI is InChI=1S/C31H30F2O8S.C26H28F2O6S.I3.I2/c1-16-12-18-19-14-21(32)20-13-17(34)8-9-28(20,2)30(19,33)24(35)15-29(18,3)31(16,41-25(36)22-6-4-10-39-22)27(38)42-26(37)23-7-5-11-40-23;1-13-9-15-16-11-18(27)17-10-14(29)6-7-23(17,2)25(16,28)20(30)12-24(15,3)26(13,22(32)35)34-21(31)19-5-4-8-33-19;1-3-2;1-2/h4-11,13,16,18-19,21,24,35H,12,14-15H2,1-3H3;4-8,10,13,15-16,18,20,30H,9,11-12H2,1-3H3,(H,32,35);;/q;;-1;/t16?,18?,19?,21?,24-,28-,29-,30?,31-;13?,15?,16?,18?,20-,23-,24-,25?,26-;;/m00../s1. The quantitative estimate of drug-likeness (QED) is 0.0868. The van der Waals surface area contributed by atoms with Crippen LogP contribution in [0.15, 0.2) is 116 Å². The van der Waals surface area contributed by atoms with Crippen LogP contribution in [-0.2, 0) is 28.7 Å². The number of halogens is 9. The van der Waals surface area contributed by atoms with Crippen LogP contribution in [0.4, 0.5) is 17.6 Å². The number of hydrogen-bond acceptors (Lipinski definition) is 15. The van der Waals surface area contributed by atoms with E-state index in [1.807, 2.05) is 0 Å². The monoisotopic (exact) mass is 1740 g/mol. The summed E-state index contributed by atoms with van der Waals surface area (Å²) in [7, 11) is 0. The van der Waals surface area contributed by atoms with Gasteiger partial charge < -0.3 is 32.9 Å². The van der Waals surface area contributed by atoms with Gasteiger partial charge >= 0.3 is 62.4 Å². The van der Waals surface area contributed by atoms with Crippen LogP contribution in [0.1, 0.15) is 112 Å². The second-order valence-electron chi connectivity index (χ2n) is 23.2. The molecule has 6 saturated carbocycles. The van der Waals surface area contributed by atoms with Crippen molar-refractivity contribution in [1.82, 2.24) is 0 Å². The molecule has 0 aliphatic heterocycles. The van der Waals surface area contributed by atoms with E-state index >= 15 is 17.6 Å². The van der Waals surface area contributed by atoms with Crippen LogP contribution in [0.25, 0.3) is 0 Å². The number of aliphatic hydroxyl groups is 2. The van der Waals surface area contributed by atoms with Gasteiger partial charge in [0.15, 0.2) is 39.9 Å². The van der Waals surface area contributed by atoms with Crippen LogP contribution in [0.3, 0.4) is 0 Å². The number of rotatable bonds is 7. The van der Waals surface area contributed by atoms with Crippen LogP contribution in [0.2, 0.25) is 0 Å². The van der Waals surface area contributed by atoms with Crippen LogP contribution < -0.4 is 13.3 Å². The molecule has 18 atom stereocenters. The molecular weight excluding hydrogens is 1680 g/mol. The Morgan fingerprint density at radius 3 is 1.39 bits per heavy atom. The number of ether oxygens (including phenoxy) is 2. The van der Waals surface area contributed by atoms with Crippen molar-refractivity contribution in [2.24, 2.45) is 57.2 Å². The average molecular weight is 1740 g/mol. The molecule has 3 aromatic rings. The Morgan fingerprint density at radius 1 is 0.646 bits per heavy atom. The summed E-state index contributed by atoms with van der Waals surface area (Å²) < 4.78 is 93.7. The summed E-state index contributed by atoms with van der Waals surface area (Å²) in [6.07, 6.45) is 3.85. The van der Waals surface area contributed by atoms with Gasteiger partial charge in [0.1, 0.15) is 12.3 Å². The third kappa shape index (κ3) is 10.0. The number of alkyl halides is 4. The normalized spacial score (nSPS) is 40.8. The molecule has 6 fully saturated rings. The van der Waals surface area contributed by atoms with Crippen LogP contribution in [-0.4, -0.2) is 96.2 Å². The Balaban J connectivity index is 0.000000202. The molecule has 2 N–H and O–H groups in total. The number of carbonyl (C=O) groups excluding carboxylic acids is 7. The molecule has 10 unspecified atom stereocenters. The maximum atomic E-state index is 17.6. The van der Waals surface area contributed by atoms with Gasteiger partial charge in [-0.1, -0.05) is 39.8 Å². The molecule has 8 aliphatic rings. The number of thioether (sulfide) groups is 1. The molecule has 11 rings (SSSR count). The van der Waals surface area contributed by atoms with E-state index in [0.717, 1.165) is 12.2 Å². The zero-order chi connectivity index (χ0) is 60.5. The third-order valence-electron chi connectivity index (χ3n) is 19.8. The first-order valence-electron chi connectivity index (χ1n) is 26.0. The van der Waals surface area contributed by atoms with Gasteiger partial charge in [-0.15, -0.1) is 12.6 Å². The number of thiol groups is 1. The van der Waals surface area contributed by atoms with Crippen molar-refractivity contribution in [2.45, 2.75) is 127 Å². The van der Waals surface area contributed by atoms with Gasteiger partial charge in [0.25, 0.3) is 5.12 Å². The van der Waals surface area contributed by atoms with Gasteiger partial charge in [0, 0.05) is 82.6 Å². The maximum absolute atomic E-state index is 17.6. The van der Waals surface area contributed by atoms with E-state index in [9.17, 15) is 43.8 Å². The van der Waals surface area contributed by atoms with Crippen LogP contribution in [0.5, 0.6) is 0 Å². The Hall–Kier alpha value is -1.92. The number of aliphatic hydroxyl groups excluding tert-OH is 2. The van der Waals surface area contributed by atoms with Crippen molar-refractivity contribution in [2.75, 3.05) is 0 Å². The number of furan rings is 3. The first kappa shape index (κ1) is 66.0. The zero-order valence-corrected chi connectivity index (χ0v) is 57.2. The van der Waals surface area contributed by atoms with Gasteiger partial charge in [-0.25, -0.2) is 27.2 Å². The number of esters is 2. The summed E-state index contributed by atoms with van der Waals surface area (Å²) in [5, 5.41) is 20.9. The molecule has 0 bridgehead atoms. The van der Waals surface area contributed by atoms with E-state index in [0.29, 0.717) is 25.0 Å². The summed E-state index contributed by atoms with van der Waals surface area (Å²) in [5.74, 6) is -7.84. The Labute approximate surface area is 533 Å². The van der Waals surface area contributed by atoms with E-state index < -0.39 is 143 Å². The molecule has 0 amide bonds. The van der Waals surface area contributed by atoms with Crippen molar-refractivity contribution in [1.29, 1.82) is 0 Å². The van der Waals surface area contributed by atoms with Gasteiger partial charge in [-0.2, -0.15) is 0 Å². The second kappa shape index (κ2) is 24.6. The zero-order valence-electron chi connectivity index (χ0n) is 44.7. The first-order chi connectivity index (χ1) is 38.5. The van der Waals surface area contributed by atoms with Gasteiger partial charge in [0.2, 0.25) is 21.8 Å². The fourth-order valence-corrected chi connectivity index (χ4v) is 17.8. The summed E-state index contributed by atoms with van der Waals surface area (Å²) in [6, 6.07) is 8.64. The van der Waals surface area contributed by atoms with E-state index in [2.05, 4.69) is 87.1 Å². The first-order valence-corrected chi connectivity index (χ1v) is 46.2. The predicted molar refractivity (Wildman–Crippen MR) is 326 cm³/mol. The molecule has 0 spiro atoms. The summed E-state index contributed by atoms with van der Waals surface area (Å²) in [5.41, 5.74) is -14.2. The van der Waals surface area contributed by atoms with E-state index in [4.69, 9.17) is 22.7 Å². The average Bonchev–Trinajstić information content (AvgIpc) is 1.89. The molecule has 82 heavy (non-hydrogen) atoms. The summed E-state index contributed by atoms with van der Waals surface area (Å²) in [4.78, 5) is 90.8. The molecule has 25 heteroatoms. The van der Waals surface area contributed by atoms with E-state index in [-0.39, 0.29) is 67.0 Å². The Bertz CT molecular complexity index is 3130. The number of allylic oxidation sites excluding steroid dienone is 8. The SMILES string of the molecule is CC1CC2C3CC(F)C4=CC(=O)C=C[C@]4(C)C3(F)[C@@H](O)C[C@]2(C)[C@@]1(OC(=O)c1ccco1)C(=O)S.CC1CC2C3CC(F)C4=CC(=O)C=C[C@]4(C)C3(F)[C@@H](O)C[C@]2(C)[C@@]1(OC(=O)c1ccco1)C(=O)SC(=O)c1ccco1.II.I[I-]I. The van der Waals surface area contributed by atoms with E-state index in [1.165, 1.54) is 93.3 Å². The van der Waals surface area contributed by atoms with E-state index in [1.54, 1.807) is 27.7 Å². The summed E-state index contributed by atoms with van der Waals surface area (Å²) >= 11 is 14.0. The molecule has 446 valence electrons. The predicted octanol–water partition coefficient (Wildman–Crippen LogP) is 10.2. The summed E-state index contributed by atoms with van der Waals surface area (Å²) in [6.45, 7) is 9.71. The number of fused-ring (bicyclic) bond motifs is 10. The fourth-order valence-electron chi connectivity index (χ4n) is 16.2. The van der Waals surface area contributed by atoms with Gasteiger partial charge in [0.05, 0.1) is 31.0 Å². The van der Waals surface area contributed by atoms with Crippen LogP contribution in [0, 0.1) is 57.2 Å². The molecule has 3 aromatic heterocycles. The van der Waals surface area contributed by atoms with Gasteiger partial charge in [-0.3, -0.25) is 24.0 Å². The Morgan fingerprint density at radius 2 is 1.01 bits per heavy atom. The number of ketones is 2. The molecule has 0 saturated heterocycles. The van der Waals surface area contributed by atoms with Crippen molar-refractivity contribution in [3.63, 3.8) is 0 Å². The molecule has 8 aliphatic carbocycles. The third-order valence-corrected chi connectivity index (χ3v) is 21.0. The molecule has 0 aromatic carbocycles. The second-order valence-corrected chi connectivity index (χ2v) is 40.8. The van der Waals surface area contributed by atoms with Crippen molar-refractivity contribution < 1.29 is 97.3 Å². The minimum atomic E-state index is -2.39. The molecule has 14 nitrogen and oxygen atoms in total. The molecular formula is C57H58F4I5O14S2-.